The smallest absolute Gasteiger partial charge is 0.263 e. The van der Waals surface area contributed by atoms with E-state index in [9.17, 15) is 4.79 Å². The third-order valence-electron chi connectivity index (χ3n) is 3.46. The molecule has 1 amide bonds. The van der Waals surface area contributed by atoms with E-state index in [0.29, 0.717) is 4.32 Å². The lowest BCUT2D eigenvalue weighted by atomic mass is 9.72. The SMILES string of the molecule is CC1=C(/C=C2\SC(=S)NC2=O)C(C)(C)CCC1. The molecule has 0 aromatic heterocycles. The highest BCUT2D eigenvalue weighted by molar-refractivity contribution is 8.26. The molecule has 2 aliphatic rings. The standard InChI is InChI=1S/C13H17NOS2/c1-8-5-4-6-13(2,3)9(8)7-10-11(15)14-12(16)17-10/h7H,4-6H2,1-3H3,(H,14,15,16)/b10-7-. The molecule has 2 rings (SSSR count). The molecule has 0 atom stereocenters. The second kappa shape index (κ2) is 4.58. The molecule has 0 saturated carbocycles. The number of thioether (sulfide) groups is 1. The first kappa shape index (κ1) is 12.8. The van der Waals surface area contributed by atoms with E-state index in [2.05, 4.69) is 26.1 Å². The minimum atomic E-state index is -0.0540. The third kappa shape index (κ3) is 2.63. The van der Waals surface area contributed by atoms with Crippen molar-refractivity contribution in [1.82, 2.24) is 5.32 Å². The molecule has 0 unspecified atom stereocenters. The molecular formula is C13H17NOS2. The quantitative estimate of drug-likeness (QED) is 0.582. The summed E-state index contributed by atoms with van der Waals surface area (Å²) < 4.78 is 0.563. The molecule has 1 N–H and O–H groups in total. The summed E-state index contributed by atoms with van der Waals surface area (Å²) >= 11 is 6.37. The molecule has 0 aromatic carbocycles. The lowest BCUT2D eigenvalue weighted by Gasteiger charge is -2.33. The van der Waals surface area contributed by atoms with Crippen molar-refractivity contribution in [3.8, 4) is 0 Å². The van der Waals surface area contributed by atoms with Gasteiger partial charge in [0.2, 0.25) is 0 Å². The Morgan fingerprint density at radius 1 is 1.47 bits per heavy atom. The van der Waals surface area contributed by atoms with E-state index in [0.717, 1.165) is 11.3 Å². The van der Waals surface area contributed by atoms with Crippen LogP contribution >= 0.6 is 24.0 Å². The van der Waals surface area contributed by atoms with Crippen LogP contribution in [0.15, 0.2) is 22.1 Å². The van der Waals surface area contributed by atoms with Gasteiger partial charge in [-0.2, -0.15) is 0 Å². The maximum atomic E-state index is 11.7. The number of carbonyl (C=O) groups excluding carboxylic acids is 1. The second-order valence-corrected chi connectivity index (χ2v) is 7.00. The Bertz CT molecular complexity index is 446. The van der Waals surface area contributed by atoms with Gasteiger partial charge in [0.1, 0.15) is 4.32 Å². The van der Waals surface area contributed by atoms with Crippen LogP contribution in [0.1, 0.15) is 40.0 Å². The highest BCUT2D eigenvalue weighted by Gasteiger charge is 2.30. The van der Waals surface area contributed by atoms with Crippen molar-refractivity contribution in [2.24, 2.45) is 5.41 Å². The third-order valence-corrected chi connectivity index (χ3v) is 4.62. The van der Waals surface area contributed by atoms with E-state index in [1.807, 2.05) is 6.08 Å². The zero-order valence-electron chi connectivity index (χ0n) is 10.4. The Hall–Kier alpha value is -0.610. The summed E-state index contributed by atoms with van der Waals surface area (Å²) in [5, 5.41) is 2.66. The molecule has 1 aliphatic carbocycles. The van der Waals surface area contributed by atoms with E-state index >= 15 is 0 Å². The van der Waals surface area contributed by atoms with Gasteiger partial charge < -0.3 is 5.32 Å². The van der Waals surface area contributed by atoms with Gasteiger partial charge in [0.15, 0.2) is 0 Å². The Kier molecular flexibility index (Phi) is 3.46. The van der Waals surface area contributed by atoms with Crippen molar-refractivity contribution >= 4 is 34.2 Å². The van der Waals surface area contributed by atoms with Crippen LogP contribution in [0.5, 0.6) is 0 Å². The monoisotopic (exact) mass is 267 g/mol. The summed E-state index contributed by atoms with van der Waals surface area (Å²) in [6, 6.07) is 0. The van der Waals surface area contributed by atoms with Crippen LogP contribution in [0.4, 0.5) is 0 Å². The fourth-order valence-corrected chi connectivity index (χ4v) is 3.54. The molecule has 1 heterocycles. The first-order valence-electron chi connectivity index (χ1n) is 5.85. The highest BCUT2D eigenvalue weighted by Crippen LogP contribution is 2.42. The van der Waals surface area contributed by atoms with Crippen molar-refractivity contribution in [2.75, 3.05) is 0 Å². The van der Waals surface area contributed by atoms with Gasteiger partial charge in [-0.25, -0.2) is 0 Å². The summed E-state index contributed by atoms with van der Waals surface area (Å²) in [6.45, 7) is 6.67. The number of thiocarbonyl (C=S) groups is 1. The van der Waals surface area contributed by atoms with E-state index < -0.39 is 0 Å². The van der Waals surface area contributed by atoms with Crippen LogP contribution in [-0.4, -0.2) is 10.2 Å². The average Bonchev–Trinajstić information content (AvgIpc) is 2.51. The second-order valence-electron chi connectivity index (χ2n) is 5.28. The summed E-state index contributed by atoms with van der Waals surface area (Å²) in [5.74, 6) is -0.0540. The van der Waals surface area contributed by atoms with E-state index in [4.69, 9.17) is 12.2 Å². The van der Waals surface area contributed by atoms with E-state index in [-0.39, 0.29) is 11.3 Å². The maximum Gasteiger partial charge on any atom is 0.263 e. The molecular weight excluding hydrogens is 250 g/mol. The molecule has 0 radical (unpaired) electrons. The minimum absolute atomic E-state index is 0.0540. The normalized spacial score (nSPS) is 26.6. The highest BCUT2D eigenvalue weighted by atomic mass is 32.2. The largest absolute Gasteiger partial charge is 0.307 e. The summed E-state index contributed by atoms with van der Waals surface area (Å²) in [6.07, 6.45) is 5.59. The number of allylic oxidation sites excluding steroid dienone is 3. The van der Waals surface area contributed by atoms with Crippen LogP contribution in [0.25, 0.3) is 0 Å². The zero-order valence-corrected chi connectivity index (χ0v) is 12.1. The molecule has 1 fully saturated rings. The van der Waals surface area contributed by atoms with Gasteiger partial charge in [0, 0.05) is 0 Å². The summed E-state index contributed by atoms with van der Waals surface area (Å²) in [4.78, 5) is 12.4. The zero-order chi connectivity index (χ0) is 12.6. The molecule has 2 nitrogen and oxygen atoms in total. The van der Waals surface area contributed by atoms with Crippen molar-refractivity contribution in [3.63, 3.8) is 0 Å². The van der Waals surface area contributed by atoms with Gasteiger partial charge in [-0.15, -0.1) is 0 Å². The minimum Gasteiger partial charge on any atom is -0.307 e. The van der Waals surface area contributed by atoms with Crippen molar-refractivity contribution in [1.29, 1.82) is 0 Å². The Morgan fingerprint density at radius 3 is 2.71 bits per heavy atom. The molecule has 92 valence electrons. The van der Waals surface area contributed by atoms with Crippen LogP contribution < -0.4 is 5.32 Å². The van der Waals surface area contributed by atoms with E-state index in [1.54, 1.807) is 0 Å². The molecule has 0 aromatic rings. The molecule has 4 heteroatoms. The van der Waals surface area contributed by atoms with Crippen LogP contribution in [0.2, 0.25) is 0 Å². The fraction of sp³-hybridized carbons (Fsp3) is 0.538. The number of nitrogens with one attached hydrogen (secondary N) is 1. The number of hydrogen-bond acceptors (Lipinski definition) is 3. The van der Waals surface area contributed by atoms with Crippen LogP contribution in [0.3, 0.4) is 0 Å². The first-order chi connectivity index (χ1) is 7.90. The predicted molar refractivity (Wildman–Crippen MR) is 76.7 cm³/mol. The van der Waals surface area contributed by atoms with Crippen molar-refractivity contribution in [3.05, 3.63) is 22.1 Å². The van der Waals surface area contributed by atoms with Crippen LogP contribution in [0, 0.1) is 5.41 Å². The topological polar surface area (TPSA) is 29.1 Å². The number of hydrogen-bond donors (Lipinski definition) is 1. The molecule has 1 aliphatic heterocycles. The van der Waals surface area contributed by atoms with Gasteiger partial charge >= 0.3 is 0 Å². The molecule has 0 bridgehead atoms. The Morgan fingerprint density at radius 2 is 2.18 bits per heavy atom. The van der Waals surface area contributed by atoms with Gasteiger partial charge in [0.05, 0.1) is 4.91 Å². The lowest BCUT2D eigenvalue weighted by Crippen LogP contribution is -2.21. The molecule has 0 spiro atoms. The number of amides is 1. The molecule has 17 heavy (non-hydrogen) atoms. The summed E-state index contributed by atoms with van der Waals surface area (Å²) in [7, 11) is 0. The predicted octanol–water partition coefficient (Wildman–Crippen LogP) is 3.54. The van der Waals surface area contributed by atoms with Gasteiger partial charge in [-0.05, 0) is 43.3 Å². The Labute approximate surface area is 112 Å². The van der Waals surface area contributed by atoms with Crippen molar-refractivity contribution < 1.29 is 4.79 Å². The van der Waals surface area contributed by atoms with Crippen molar-refractivity contribution in [2.45, 2.75) is 40.0 Å². The molecule has 1 saturated heterocycles. The lowest BCUT2D eigenvalue weighted by molar-refractivity contribution is -0.115. The van der Waals surface area contributed by atoms with Gasteiger partial charge in [0.25, 0.3) is 5.91 Å². The number of rotatable bonds is 1. The maximum absolute atomic E-state index is 11.7. The fourth-order valence-electron chi connectivity index (χ4n) is 2.51. The average molecular weight is 267 g/mol. The van der Waals surface area contributed by atoms with E-state index in [1.165, 1.54) is 35.7 Å². The first-order valence-corrected chi connectivity index (χ1v) is 7.08. The number of carbonyl (C=O) groups is 1. The van der Waals surface area contributed by atoms with Gasteiger partial charge in [-0.1, -0.05) is 43.4 Å². The van der Waals surface area contributed by atoms with Crippen LogP contribution in [-0.2, 0) is 4.79 Å². The Balaban J connectivity index is 2.37. The van der Waals surface area contributed by atoms with Gasteiger partial charge in [-0.3, -0.25) is 4.79 Å². The summed E-state index contributed by atoms with van der Waals surface area (Å²) in [5.41, 5.74) is 2.88.